The highest BCUT2D eigenvalue weighted by molar-refractivity contribution is 4.97. The second kappa shape index (κ2) is 4.08. The third kappa shape index (κ3) is 1.73. The fourth-order valence-corrected chi connectivity index (χ4v) is 4.81. The van der Waals surface area contributed by atoms with Gasteiger partial charge in [0.2, 0.25) is 0 Å². The molecule has 0 bridgehead atoms. The van der Waals surface area contributed by atoms with Gasteiger partial charge in [-0.2, -0.15) is 0 Å². The van der Waals surface area contributed by atoms with E-state index >= 15 is 0 Å². The first kappa shape index (κ1) is 10.1. The van der Waals surface area contributed by atoms with Crippen LogP contribution >= 0.6 is 0 Å². The number of piperidine rings is 1. The fourth-order valence-electron chi connectivity index (χ4n) is 4.81. The van der Waals surface area contributed by atoms with Gasteiger partial charge in [-0.15, -0.1) is 0 Å². The molecular weight excluding hydrogens is 182 g/mol. The molecule has 3 rings (SSSR count). The van der Waals surface area contributed by atoms with Crippen molar-refractivity contribution in [3.63, 3.8) is 0 Å². The summed E-state index contributed by atoms with van der Waals surface area (Å²) in [7, 11) is 0. The number of hydrogen-bond acceptors (Lipinski definition) is 1. The van der Waals surface area contributed by atoms with Crippen molar-refractivity contribution in [2.45, 2.75) is 57.8 Å². The topological polar surface area (TPSA) is 12.0 Å². The van der Waals surface area contributed by atoms with Gasteiger partial charge in [-0.05, 0) is 56.0 Å². The molecule has 1 saturated heterocycles. The highest BCUT2D eigenvalue weighted by Gasteiger charge is 2.45. The molecule has 1 heteroatoms. The van der Waals surface area contributed by atoms with E-state index in [-0.39, 0.29) is 0 Å². The number of fused-ring (bicyclic) bond motifs is 2. The predicted octanol–water partition coefficient (Wildman–Crippen LogP) is 3.35. The van der Waals surface area contributed by atoms with E-state index in [1.54, 1.807) is 25.7 Å². The molecule has 0 unspecified atom stereocenters. The molecule has 0 aromatic heterocycles. The van der Waals surface area contributed by atoms with E-state index in [9.17, 15) is 0 Å². The molecule has 2 aliphatic carbocycles. The van der Waals surface area contributed by atoms with Gasteiger partial charge < -0.3 is 5.32 Å². The molecule has 1 nitrogen and oxygen atoms in total. The molecule has 1 heterocycles. The molecule has 0 radical (unpaired) electrons. The van der Waals surface area contributed by atoms with Crippen LogP contribution in [0.25, 0.3) is 0 Å². The van der Waals surface area contributed by atoms with Gasteiger partial charge in [-0.1, -0.05) is 32.1 Å². The summed E-state index contributed by atoms with van der Waals surface area (Å²) in [6.07, 6.45) is 13.8. The van der Waals surface area contributed by atoms with E-state index in [1.165, 1.54) is 45.2 Å². The molecule has 3 aliphatic rings. The molecule has 0 aromatic carbocycles. The van der Waals surface area contributed by atoms with Crippen molar-refractivity contribution in [3.05, 3.63) is 0 Å². The monoisotopic (exact) mass is 207 g/mol. The maximum atomic E-state index is 3.55. The lowest BCUT2D eigenvalue weighted by molar-refractivity contribution is -0.0121. The zero-order valence-corrected chi connectivity index (χ0v) is 9.93. The molecular formula is C14H25N. The molecule has 2 saturated carbocycles. The summed E-state index contributed by atoms with van der Waals surface area (Å²) >= 11 is 0. The summed E-state index contributed by atoms with van der Waals surface area (Å²) in [5, 5.41) is 3.55. The lowest BCUT2D eigenvalue weighted by atomic mass is 9.54. The normalized spacial score (nSPS) is 40.0. The smallest absolute Gasteiger partial charge is 0.00435 e. The van der Waals surface area contributed by atoms with Crippen LogP contribution in [-0.2, 0) is 0 Å². The highest BCUT2D eigenvalue weighted by atomic mass is 14.9. The first-order valence-electron chi connectivity index (χ1n) is 7.11. The largest absolute Gasteiger partial charge is 0.317 e. The molecule has 1 N–H and O–H groups in total. The van der Waals surface area contributed by atoms with Gasteiger partial charge in [0, 0.05) is 0 Å². The predicted molar refractivity (Wildman–Crippen MR) is 63.8 cm³/mol. The van der Waals surface area contributed by atoms with E-state index in [0.29, 0.717) is 0 Å². The van der Waals surface area contributed by atoms with Gasteiger partial charge >= 0.3 is 0 Å². The summed E-state index contributed by atoms with van der Waals surface area (Å²) in [5.74, 6) is 2.23. The van der Waals surface area contributed by atoms with Crippen LogP contribution in [-0.4, -0.2) is 13.1 Å². The average Bonchev–Trinajstić information content (AvgIpc) is 2.31. The van der Waals surface area contributed by atoms with Gasteiger partial charge in [0.05, 0.1) is 0 Å². The van der Waals surface area contributed by atoms with Gasteiger partial charge in [-0.25, -0.2) is 0 Å². The molecule has 1 aliphatic heterocycles. The van der Waals surface area contributed by atoms with Gasteiger partial charge in [0.1, 0.15) is 0 Å². The third-order valence-electron chi connectivity index (χ3n) is 5.54. The average molecular weight is 207 g/mol. The van der Waals surface area contributed by atoms with E-state index < -0.39 is 0 Å². The molecule has 3 fully saturated rings. The van der Waals surface area contributed by atoms with Crippen LogP contribution in [0.5, 0.6) is 0 Å². The van der Waals surface area contributed by atoms with E-state index in [0.717, 1.165) is 17.3 Å². The van der Waals surface area contributed by atoms with Crippen LogP contribution in [0.15, 0.2) is 0 Å². The quantitative estimate of drug-likeness (QED) is 0.642. The molecule has 2 atom stereocenters. The highest BCUT2D eigenvalue weighted by Crippen LogP contribution is 2.54. The fraction of sp³-hybridized carbons (Fsp3) is 1.00. The van der Waals surface area contributed by atoms with Crippen molar-refractivity contribution in [1.82, 2.24) is 5.32 Å². The summed E-state index contributed by atoms with van der Waals surface area (Å²) in [4.78, 5) is 0. The number of nitrogens with one attached hydrogen (secondary N) is 1. The summed E-state index contributed by atoms with van der Waals surface area (Å²) in [6, 6.07) is 0. The minimum absolute atomic E-state index is 0.786. The molecule has 15 heavy (non-hydrogen) atoms. The standard InChI is InChI=1S/C14H25N/c1-2-6-13-12(4-1)5-3-7-14(13)8-10-15-11-9-14/h12-13,15H,1-11H2/t12-,13+/m0/s1. The third-order valence-corrected chi connectivity index (χ3v) is 5.54. The van der Waals surface area contributed by atoms with Gasteiger partial charge in [0.25, 0.3) is 0 Å². The zero-order valence-electron chi connectivity index (χ0n) is 9.93. The van der Waals surface area contributed by atoms with Crippen molar-refractivity contribution < 1.29 is 0 Å². The van der Waals surface area contributed by atoms with Crippen molar-refractivity contribution in [3.8, 4) is 0 Å². The number of hydrogen-bond donors (Lipinski definition) is 1. The maximum absolute atomic E-state index is 3.55. The maximum Gasteiger partial charge on any atom is -0.00435 e. The lowest BCUT2D eigenvalue weighted by Crippen LogP contribution is -2.47. The minimum atomic E-state index is 0.786. The van der Waals surface area contributed by atoms with Crippen molar-refractivity contribution in [1.29, 1.82) is 0 Å². The summed E-state index contributed by atoms with van der Waals surface area (Å²) in [6.45, 7) is 2.59. The molecule has 0 amide bonds. The van der Waals surface area contributed by atoms with Gasteiger partial charge in [-0.3, -0.25) is 0 Å². The van der Waals surface area contributed by atoms with Crippen LogP contribution in [0, 0.1) is 17.3 Å². The zero-order chi connectivity index (χ0) is 10.1. The molecule has 1 spiro atoms. The first-order chi connectivity index (χ1) is 7.41. The van der Waals surface area contributed by atoms with Crippen LogP contribution in [0.4, 0.5) is 0 Å². The summed E-state index contributed by atoms with van der Waals surface area (Å²) < 4.78 is 0. The molecule has 0 aromatic rings. The van der Waals surface area contributed by atoms with Crippen molar-refractivity contribution in [2.75, 3.05) is 13.1 Å². The Balaban J connectivity index is 1.79. The Morgan fingerprint density at radius 2 is 1.53 bits per heavy atom. The Morgan fingerprint density at radius 1 is 0.800 bits per heavy atom. The Bertz CT molecular complexity index is 210. The van der Waals surface area contributed by atoms with Crippen LogP contribution < -0.4 is 5.32 Å². The first-order valence-corrected chi connectivity index (χ1v) is 7.11. The Morgan fingerprint density at radius 3 is 2.40 bits per heavy atom. The SMILES string of the molecule is C1CC[C@@H]2[C@@H](C1)CCCC21CCNCC1. The second-order valence-electron chi connectivity index (χ2n) is 6.16. The minimum Gasteiger partial charge on any atom is -0.317 e. The van der Waals surface area contributed by atoms with E-state index in [1.807, 2.05) is 0 Å². The van der Waals surface area contributed by atoms with Crippen molar-refractivity contribution in [2.24, 2.45) is 17.3 Å². The van der Waals surface area contributed by atoms with Gasteiger partial charge in [0.15, 0.2) is 0 Å². The van der Waals surface area contributed by atoms with E-state index in [4.69, 9.17) is 0 Å². The second-order valence-corrected chi connectivity index (χ2v) is 6.16. The Labute approximate surface area is 94.0 Å². The summed E-state index contributed by atoms with van der Waals surface area (Å²) in [5.41, 5.74) is 0.786. The Kier molecular flexibility index (Phi) is 2.76. The Hall–Kier alpha value is -0.0400. The van der Waals surface area contributed by atoms with Crippen LogP contribution in [0.1, 0.15) is 57.8 Å². The van der Waals surface area contributed by atoms with Crippen molar-refractivity contribution >= 4 is 0 Å². The van der Waals surface area contributed by atoms with Crippen LogP contribution in [0.2, 0.25) is 0 Å². The molecule has 86 valence electrons. The van der Waals surface area contributed by atoms with Crippen LogP contribution in [0.3, 0.4) is 0 Å². The number of rotatable bonds is 0. The van der Waals surface area contributed by atoms with E-state index in [2.05, 4.69) is 5.32 Å². The lowest BCUT2D eigenvalue weighted by Gasteiger charge is -2.52.